The van der Waals surface area contributed by atoms with Gasteiger partial charge in [0.1, 0.15) is 5.75 Å². The molecule has 0 aromatic heterocycles. The summed E-state index contributed by atoms with van der Waals surface area (Å²) in [5, 5.41) is 0.522. The molecule has 1 saturated heterocycles. The molecule has 0 N–H and O–H groups in total. The fraction of sp³-hybridized carbons (Fsp3) is 0.385. The number of methoxy groups -OCH3 is 1. The first kappa shape index (κ1) is 14.2. The molecule has 1 aromatic carbocycles. The second kappa shape index (κ2) is 5.84. The topological polar surface area (TPSA) is 46.6 Å². The van der Waals surface area contributed by atoms with Gasteiger partial charge in [-0.1, -0.05) is 23.4 Å². The van der Waals surface area contributed by atoms with E-state index in [1.54, 1.807) is 30.2 Å². The lowest BCUT2D eigenvalue weighted by atomic mass is 10.3. The Kier molecular flexibility index (Phi) is 4.37. The van der Waals surface area contributed by atoms with Crippen molar-refractivity contribution in [2.45, 2.75) is 18.6 Å². The van der Waals surface area contributed by atoms with Crippen molar-refractivity contribution in [3.63, 3.8) is 0 Å². The Morgan fingerprint density at radius 2 is 2.26 bits per heavy atom. The first-order valence-corrected chi connectivity index (χ1v) is 7.08. The van der Waals surface area contributed by atoms with Gasteiger partial charge < -0.3 is 9.64 Å². The van der Waals surface area contributed by atoms with Crippen molar-refractivity contribution in [3.05, 3.63) is 23.2 Å². The summed E-state index contributed by atoms with van der Waals surface area (Å²) in [6.07, 6.45) is 0.383. The molecule has 0 aliphatic carbocycles. The van der Waals surface area contributed by atoms with Gasteiger partial charge in [-0.25, -0.2) is 0 Å². The third-order valence-electron chi connectivity index (χ3n) is 2.87. The van der Waals surface area contributed by atoms with E-state index < -0.39 is 0 Å². The van der Waals surface area contributed by atoms with Gasteiger partial charge in [-0.15, -0.1) is 0 Å². The van der Waals surface area contributed by atoms with Gasteiger partial charge in [0.25, 0.3) is 0 Å². The fourth-order valence-electron chi connectivity index (χ4n) is 2.06. The van der Waals surface area contributed by atoms with Crippen LogP contribution in [-0.2, 0) is 9.59 Å². The van der Waals surface area contributed by atoms with Gasteiger partial charge in [-0.2, -0.15) is 0 Å². The number of ether oxygens (including phenoxy) is 1. The number of carbonyl (C=O) groups excluding carboxylic acids is 2. The average molecular weight is 300 g/mol. The Bertz CT molecular complexity index is 521. The molecule has 0 spiro atoms. The van der Waals surface area contributed by atoms with E-state index in [0.29, 0.717) is 23.7 Å². The van der Waals surface area contributed by atoms with E-state index in [0.717, 1.165) is 5.69 Å². The lowest BCUT2D eigenvalue weighted by Gasteiger charge is -2.17. The molecular formula is C13H14ClNO3S. The first-order valence-electron chi connectivity index (χ1n) is 5.82. The summed E-state index contributed by atoms with van der Waals surface area (Å²) in [5.74, 6) is 0.590. The second-order valence-corrected chi connectivity index (χ2v) is 6.14. The summed E-state index contributed by atoms with van der Waals surface area (Å²) in [4.78, 5) is 24.7. The molecule has 1 aromatic rings. The lowest BCUT2D eigenvalue weighted by molar-refractivity contribution is -0.117. The minimum Gasteiger partial charge on any atom is -0.495 e. The number of rotatable bonds is 3. The molecular weight excluding hydrogens is 286 g/mol. The highest BCUT2D eigenvalue weighted by molar-refractivity contribution is 8.14. The van der Waals surface area contributed by atoms with Crippen molar-refractivity contribution in [2.75, 3.05) is 18.6 Å². The smallest absolute Gasteiger partial charge is 0.228 e. The molecule has 1 atom stereocenters. The quantitative estimate of drug-likeness (QED) is 0.861. The first-order chi connectivity index (χ1) is 9.01. The molecule has 4 nitrogen and oxygen atoms in total. The zero-order valence-electron chi connectivity index (χ0n) is 10.7. The van der Waals surface area contributed by atoms with Crippen molar-refractivity contribution in [1.82, 2.24) is 0 Å². The van der Waals surface area contributed by atoms with Crippen molar-refractivity contribution in [2.24, 2.45) is 0 Å². The van der Waals surface area contributed by atoms with Crippen LogP contribution >= 0.6 is 23.4 Å². The molecule has 1 amide bonds. The minimum atomic E-state index is 0.0139. The number of thioether (sulfide) groups is 1. The predicted octanol–water partition coefficient (Wildman–Crippen LogP) is 2.73. The van der Waals surface area contributed by atoms with Crippen LogP contribution in [0.1, 0.15) is 13.3 Å². The number of carbonyl (C=O) groups is 2. The van der Waals surface area contributed by atoms with Crippen LogP contribution in [0.4, 0.5) is 5.69 Å². The van der Waals surface area contributed by atoms with Crippen LogP contribution in [0.15, 0.2) is 18.2 Å². The van der Waals surface area contributed by atoms with E-state index in [2.05, 4.69) is 0 Å². The highest BCUT2D eigenvalue weighted by Gasteiger charge is 2.32. The van der Waals surface area contributed by atoms with Gasteiger partial charge in [-0.3, -0.25) is 9.59 Å². The minimum absolute atomic E-state index is 0.0139. The highest BCUT2D eigenvalue weighted by Crippen LogP contribution is 2.33. The number of hydrogen-bond donors (Lipinski definition) is 0. The van der Waals surface area contributed by atoms with Gasteiger partial charge in [-0.05, 0) is 18.2 Å². The Morgan fingerprint density at radius 1 is 1.53 bits per heavy atom. The molecule has 0 saturated carbocycles. The zero-order chi connectivity index (χ0) is 14.0. The van der Waals surface area contributed by atoms with Gasteiger partial charge in [0, 0.05) is 30.8 Å². The van der Waals surface area contributed by atoms with Gasteiger partial charge in [0.15, 0.2) is 5.12 Å². The molecule has 102 valence electrons. The van der Waals surface area contributed by atoms with Crippen LogP contribution in [0, 0.1) is 0 Å². The molecule has 6 heteroatoms. The predicted molar refractivity (Wildman–Crippen MR) is 77.0 cm³/mol. The Balaban J connectivity index is 2.16. The normalized spacial score (nSPS) is 18.8. The summed E-state index contributed by atoms with van der Waals surface area (Å²) < 4.78 is 5.08. The zero-order valence-corrected chi connectivity index (χ0v) is 12.3. The maximum atomic E-state index is 12.0. The molecule has 19 heavy (non-hydrogen) atoms. The van der Waals surface area contributed by atoms with E-state index in [1.165, 1.54) is 18.7 Å². The van der Waals surface area contributed by atoms with Crippen LogP contribution in [0.5, 0.6) is 5.75 Å². The maximum absolute atomic E-state index is 12.0. The summed E-state index contributed by atoms with van der Waals surface area (Å²) >= 11 is 7.27. The number of amides is 1. The number of halogens is 1. The van der Waals surface area contributed by atoms with E-state index in [4.69, 9.17) is 16.3 Å². The SMILES string of the molecule is COc1ccc(N2CC(SC(C)=O)CC2=O)cc1Cl. The van der Waals surface area contributed by atoms with Gasteiger partial charge >= 0.3 is 0 Å². The monoisotopic (exact) mass is 299 g/mol. The summed E-state index contributed by atoms with van der Waals surface area (Å²) in [6.45, 7) is 2.05. The van der Waals surface area contributed by atoms with E-state index in [-0.39, 0.29) is 16.3 Å². The van der Waals surface area contributed by atoms with E-state index in [1.807, 2.05) is 0 Å². The molecule has 1 heterocycles. The number of nitrogens with zero attached hydrogens (tertiary/aromatic N) is 1. The van der Waals surface area contributed by atoms with Crippen LogP contribution in [-0.4, -0.2) is 29.9 Å². The third-order valence-corrected chi connectivity index (χ3v) is 4.15. The number of benzene rings is 1. The lowest BCUT2D eigenvalue weighted by Crippen LogP contribution is -2.24. The van der Waals surface area contributed by atoms with Crippen LogP contribution < -0.4 is 9.64 Å². The largest absolute Gasteiger partial charge is 0.495 e. The average Bonchev–Trinajstić information content (AvgIpc) is 2.69. The molecule has 0 bridgehead atoms. The molecule has 1 aliphatic rings. The summed E-state index contributed by atoms with van der Waals surface area (Å²) in [6, 6.07) is 5.24. The Morgan fingerprint density at radius 3 is 2.84 bits per heavy atom. The molecule has 2 rings (SSSR count). The highest BCUT2D eigenvalue weighted by atomic mass is 35.5. The second-order valence-electron chi connectivity index (χ2n) is 4.26. The summed E-state index contributed by atoms with van der Waals surface area (Å²) in [7, 11) is 1.54. The van der Waals surface area contributed by atoms with Gasteiger partial charge in [0.05, 0.1) is 12.1 Å². The van der Waals surface area contributed by atoms with Crippen molar-refractivity contribution in [1.29, 1.82) is 0 Å². The van der Waals surface area contributed by atoms with Crippen molar-refractivity contribution in [3.8, 4) is 5.75 Å². The van der Waals surface area contributed by atoms with Crippen LogP contribution in [0.2, 0.25) is 5.02 Å². The summed E-state index contributed by atoms with van der Waals surface area (Å²) in [5.41, 5.74) is 0.738. The Hall–Kier alpha value is -1.20. The van der Waals surface area contributed by atoms with Gasteiger partial charge in [0.2, 0.25) is 5.91 Å². The maximum Gasteiger partial charge on any atom is 0.228 e. The van der Waals surface area contributed by atoms with Crippen molar-refractivity contribution >= 4 is 40.1 Å². The standard InChI is InChI=1S/C13H14ClNO3S/c1-8(16)19-10-6-13(17)15(7-10)9-3-4-12(18-2)11(14)5-9/h3-5,10H,6-7H2,1-2H3. The van der Waals surface area contributed by atoms with Crippen LogP contribution in [0.3, 0.4) is 0 Å². The van der Waals surface area contributed by atoms with E-state index in [9.17, 15) is 9.59 Å². The molecule has 0 radical (unpaired) electrons. The molecule has 1 unspecified atom stereocenters. The van der Waals surface area contributed by atoms with Crippen molar-refractivity contribution < 1.29 is 14.3 Å². The van der Waals surface area contributed by atoms with E-state index >= 15 is 0 Å². The van der Waals surface area contributed by atoms with Crippen LogP contribution in [0.25, 0.3) is 0 Å². The molecule has 1 fully saturated rings. The number of hydrogen-bond acceptors (Lipinski definition) is 4. The number of anilines is 1. The Labute approximate surface area is 121 Å². The fourth-order valence-corrected chi connectivity index (χ4v) is 3.23. The third kappa shape index (κ3) is 3.22. The molecule has 1 aliphatic heterocycles.